The molecule has 0 saturated carbocycles. The molecule has 5 nitrogen and oxygen atoms in total. The minimum absolute atomic E-state index is 0.327. The molecule has 0 aliphatic carbocycles. The zero-order valence-electron chi connectivity index (χ0n) is 14.2. The lowest BCUT2D eigenvalue weighted by molar-refractivity contribution is 0.602. The number of hydrogen-bond acceptors (Lipinski definition) is 3. The van der Waals surface area contributed by atoms with Crippen LogP contribution in [-0.4, -0.2) is 27.7 Å². The van der Waals surface area contributed by atoms with Gasteiger partial charge < -0.3 is 10.6 Å². The van der Waals surface area contributed by atoms with Gasteiger partial charge in [0.25, 0.3) is 0 Å². The standard InChI is InChI=1S/C18H23N3O2S/c1-14-4-6-15(7-5-14)12-20-18(19-2)21-13-16-8-10-17(11-9-16)24(3,22)23/h4-11H,12-13H2,1-3H3,(H2,19,20,21). The van der Waals surface area contributed by atoms with Crippen molar-refractivity contribution < 1.29 is 8.42 Å². The normalized spacial score (nSPS) is 12.0. The number of nitrogens with one attached hydrogen (secondary N) is 2. The number of nitrogens with zero attached hydrogens (tertiary/aromatic N) is 1. The average molecular weight is 345 g/mol. The summed E-state index contributed by atoms with van der Waals surface area (Å²) in [5, 5.41) is 6.47. The third-order valence-corrected chi connectivity index (χ3v) is 4.74. The lowest BCUT2D eigenvalue weighted by Gasteiger charge is -2.12. The number of aliphatic imine (C=N–C) groups is 1. The molecule has 24 heavy (non-hydrogen) atoms. The summed E-state index contributed by atoms with van der Waals surface area (Å²) in [4.78, 5) is 4.52. The second-order valence-corrected chi connectivity index (χ2v) is 7.70. The van der Waals surface area contributed by atoms with Crippen molar-refractivity contribution in [2.45, 2.75) is 24.9 Å². The van der Waals surface area contributed by atoms with Crippen molar-refractivity contribution in [1.29, 1.82) is 0 Å². The lowest BCUT2D eigenvalue weighted by atomic mass is 10.1. The predicted octanol–water partition coefficient (Wildman–Crippen LogP) is 2.26. The number of rotatable bonds is 5. The van der Waals surface area contributed by atoms with Gasteiger partial charge in [0.2, 0.25) is 0 Å². The molecular formula is C18H23N3O2S. The molecule has 0 fully saturated rings. The van der Waals surface area contributed by atoms with E-state index in [2.05, 4.69) is 46.8 Å². The number of sulfone groups is 1. The summed E-state index contributed by atoms with van der Waals surface area (Å²) in [5.41, 5.74) is 3.40. The Morgan fingerprint density at radius 1 is 0.917 bits per heavy atom. The van der Waals surface area contributed by atoms with E-state index in [0.717, 1.165) is 5.56 Å². The van der Waals surface area contributed by atoms with E-state index >= 15 is 0 Å². The molecule has 128 valence electrons. The molecule has 0 heterocycles. The maximum Gasteiger partial charge on any atom is 0.191 e. The summed E-state index contributed by atoms with van der Waals surface area (Å²) in [6.45, 7) is 3.32. The van der Waals surface area contributed by atoms with Gasteiger partial charge in [0, 0.05) is 26.4 Å². The van der Waals surface area contributed by atoms with Crippen molar-refractivity contribution in [1.82, 2.24) is 10.6 Å². The first-order valence-corrected chi connectivity index (χ1v) is 9.56. The molecule has 0 unspecified atom stereocenters. The third kappa shape index (κ3) is 5.38. The van der Waals surface area contributed by atoms with Crippen molar-refractivity contribution in [2.75, 3.05) is 13.3 Å². The Bertz CT molecular complexity index is 795. The predicted molar refractivity (Wildman–Crippen MR) is 97.8 cm³/mol. The highest BCUT2D eigenvalue weighted by molar-refractivity contribution is 7.90. The summed E-state index contributed by atoms with van der Waals surface area (Å²) in [6, 6.07) is 15.2. The fraction of sp³-hybridized carbons (Fsp3) is 0.278. The Hall–Kier alpha value is -2.34. The maximum absolute atomic E-state index is 11.5. The number of aryl methyl sites for hydroxylation is 1. The van der Waals surface area contributed by atoms with Gasteiger partial charge in [0.15, 0.2) is 15.8 Å². The van der Waals surface area contributed by atoms with Gasteiger partial charge in [-0.25, -0.2) is 8.42 Å². The molecule has 0 saturated heterocycles. The molecule has 0 aliphatic heterocycles. The van der Waals surface area contributed by atoms with Gasteiger partial charge in [-0.3, -0.25) is 4.99 Å². The van der Waals surface area contributed by atoms with Crippen LogP contribution in [0, 0.1) is 6.92 Å². The summed E-state index contributed by atoms with van der Waals surface area (Å²) >= 11 is 0. The Morgan fingerprint density at radius 3 is 1.79 bits per heavy atom. The average Bonchev–Trinajstić information content (AvgIpc) is 2.56. The van der Waals surface area contributed by atoms with E-state index in [9.17, 15) is 8.42 Å². The molecule has 0 amide bonds. The molecule has 0 aromatic heterocycles. The third-order valence-electron chi connectivity index (χ3n) is 3.62. The van der Waals surface area contributed by atoms with Crippen LogP contribution in [0.1, 0.15) is 16.7 Å². The molecule has 6 heteroatoms. The number of guanidine groups is 1. The van der Waals surface area contributed by atoms with E-state index in [1.165, 1.54) is 17.4 Å². The fourth-order valence-corrected chi connectivity index (χ4v) is 2.78. The smallest absolute Gasteiger partial charge is 0.191 e. The maximum atomic E-state index is 11.5. The Morgan fingerprint density at radius 2 is 1.38 bits per heavy atom. The first kappa shape index (κ1) is 18.0. The molecule has 0 atom stereocenters. The summed E-state index contributed by atoms with van der Waals surface area (Å²) < 4.78 is 22.9. The first-order valence-electron chi connectivity index (χ1n) is 7.67. The van der Waals surface area contributed by atoms with E-state index in [1.807, 2.05) is 0 Å². The lowest BCUT2D eigenvalue weighted by Crippen LogP contribution is -2.36. The van der Waals surface area contributed by atoms with E-state index in [4.69, 9.17) is 0 Å². The highest BCUT2D eigenvalue weighted by Gasteiger charge is 2.06. The van der Waals surface area contributed by atoms with Crippen molar-refractivity contribution in [3.63, 3.8) is 0 Å². The van der Waals surface area contributed by atoms with Crippen molar-refractivity contribution in [3.05, 3.63) is 65.2 Å². The number of benzene rings is 2. The van der Waals surface area contributed by atoms with Crippen molar-refractivity contribution in [2.24, 2.45) is 4.99 Å². The molecule has 2 N–H and O–H groups in total. The minimum Gasteiger partial charge on any atom is -0.352 e. The molecule has 0 aliphatic rings. The second-order valence-electron chi connectivity index (χ2n) is 5.68. The van der Waals surface area contributed by atoms with Gasteiger partial charge >= 0.3 is 0 Å². The van der Waals surface area contributed by atoms with Crippen LogP contribution in [0.3, 0.4) is 0 Å². The Kier molecular flexibility index (Phi) is 5.98. The van der Waals surface area contributed by atoms with Gasteiger partial charge in [-0.15, -0.1) is 0 Å². The van der Waals surface area contributed by atoms with Crippen LogP contribution in [-0.2, 0) is 22.9 Å². The summed E-state index contributed by atoms with van der Waals surface area (Å²) in [6.07, 6.45) is 1.21. The number of hydrogen-bond donors (Lipinski definition) is 2. The van der Waals surface area contributed by atoms with Crippen LogP contribution in [0.25, 0.3) is 0 Å². The topological polar surface area (TPSA) is 70.6 Å². The fourth-order valence-electron chi connectivity index (χ4n) is 2.15. The highest BCUT2D eigenvalue weighted by Crippen LogP contribution is 2.10. The van der Waals surface area contributed by atoms with Crippen LogP contribution in [0.15, 0.2) is 58.4 Å². The Labute approximate surface area is 143 Å². The quantitative estimate of drug-likeness (QED) is 0.644. The van der Waals surface area contributed by atoms with Gasteiger partial charge in [0.1, 0.15) is 0 Å². The molecule has 0 spiro atoms. The van der Waals surface area contributed by atoms with Crippen LogP contribution in [0.5, 0.6) is 0 Å². The van der Waals surface area contributed by atoms with E-state index in [0.29, 0.717) is 23.9 Å². The van der Waals surface area contributed by atoms with Crippen LogP contribution in [0.4, 0.5) is 0 Å². The van der Waals surface area contributed by atoms with E-state index in [1.54, 1.807) is 31.3 Å². The summed E-state index contributed by atoms with van der Waals surface area (Å²) in [7, 11) is -1.43. The zero-order valence-corrected chi connectivity index (χ0v) is 15.0. The van der Waals surface area contributed by atoms with Crippen molar-refractivity contribution in [3.8, 4) is 0 Å². The summed E-state index contributed by atoms with van der Waals surface area (Å²) in [5.74, 6) is 0.697. The molecule has 0 radical (unpaired) electrons. The zero-order chi connectivity index (χ0) is 17.6. The van der Waals surface area contributed by atoms with Gasteiger partial charge in [-0.2, -0.15) is 0 Å². The molecular weight excluding hydrogens is 322 g/mol. The van der Waals surface area contributed by atoms with Crippen LogP contribution in [0.2, 0.25) is 0 Å². The minimum atomic E-state index is -3.15. The first-order chi connectivity index (χ1) is 11.4. The Balaban J connectivity index is 1.88. The molecule has 2 rings (SSSR count). The van der Waals surface area contributed by atoms with Gasteiger partial charge in [-0.05, 0) is 30.2 Å². The van der Waals surface area contributed by atoms with Crippen LogP contribution >= 0.6 is 0 Å². The molecule has 2 aromatic rings. The SMILES string of the molecule is CN=C(NCc1ccc(C)cc1)NCc1ccc(S(C)(=O)=O)cc1. The van der Waals surface area contributed by atoms with Crippen molar-refractivity contribution >= 4 is 15.8 Å². The van der Waals surface area contributed by atoms with Crippen LogP contribution < -0.4 is 10.6 Å². The van der Waals surface area contributed by atoms with E-state index < -0.39 is 9.84 Å². The van der Waals surface area contributed by atoms with Gasteiger partial charge in [-0.1, -0.05) is 42.0 Å². The molecule has 0 bridgehead atoms. The highest BCUT2D eigenvalue weighted by atomic mass is 32.2. The monoisotopic (exact) mass is 345 g/mol. The largest absolute Gasteiger partial charge is 0.352 e. The second kappa shape index (κ2) is 7.97. The van der Waals surface area contributed by atoms with E-state index in [-0.39, 0.29) is 0 Å². The van der Waals surface area contributed by atoms with Gasteiger partial charge in [0.05, 0.1) is 4.90 Å². The molecule has 2 aromatic carbocycles.